The van der Waals surface area contributed by atoms with Gasteiger partial charge in [0, 0.05) is 35.4 Å². The van der Waals surface area contributed by atoms with E-state index in [0.717, 1.165) is 4.31 Å². The number of aliphatic carboxylic acids is 1. The van der Waals surface area contributed by atoms with Crippen molar-refractivity contribution in [1.29, 1.82) is 0 Å². The molecule has 0 amide bonds. The Kier molecular flexibility index (Phi) is 3.62. The van der Waals surface area contributed by atoms with Gasteiger partial charge in [-0.15, -0.1) is 0 Å². The number of carboxylic acids is 1. The van der Waals surface area contributed by atoms with Crippen LogP contribution in [0.3, 0.4) is 0 Å². The van der Waals surface area contributed by atoms with Crippen LogP contribution in [0.25, 0.3) is 0 Å². The fraction of sp³-hybridized carbons (Fsp3) is 0.833. The molecule has 1 rings (SSSR count). The Bertz CT molecular complexity index is 339. The highest BCUT2D eigenvalue weighted by Crippen LogP contribution is 2.06. The maximum atomic E-state index is 11.3. The predicted octanol–water partition coefficient (Wildman–Crippen LogP) is -1.53. The predicted molar refractivity (Wildman–Crippen MR) is 50.9 cm³/mol. The third-order valence-electron chi connectivity index (χ3n) is 1.84. The van der Waals surface area contributed by atoms with Crippen LogP contribution < -0.4 is 0 Å². The van der Waals surface area contributed by atoms with E-state index in [2.05, 4.69) is 0 Å². The first-order valence-corrected chi connectivity index (χ1v) is 7.06. The van der Waals surface area contributed by atoms with Crippen LogP contribution >= 0.6 is 0 Å². The number of sulfonamides is 1. The largest absolute Gasteiger partial charge is 0.480 e. The lowest BCUT2D eigenvalue weighted by atomic mass is 10.6. The second-order valence-electron chi connectivity index (χ2n) is 2.90. The summed E-state index contributed by atoms with van der Waals surface area (Å²) in [4.78, 5) is 10.3. The lowest BCUT2D eigenvalue weighted by Crippen LogP contribution is -2.43. The summed E-state index contributed by atoms with van der Waals surface area (Å²) in [5.41, 5.74) is 0. The number of rotatable bonds is 3. The minimum absolute atomic E-state index is 0.155. The molecule has 0 aromatic carbocycles. The molecular weight excluding hydrogens is 230 g/mol. The summed E-state index contributed by atoms with van der Waals surface area (Å²) in [5, 5.41) is 8.37. The van der Waals surface area contributed by atoms with Crippen molar-refractivity contribution in [2.45, 2.75) is 0 Å². The van der Waals surface area contributed by atoms with Crippen molar-refractivity contribution in [2.75, 3.05) is 30.3 Å². The van der Waals surface area contributed by atoms with Gasteiger partial charge < -0.3 is 5.11 Å². The van der Waals surface area contributed by atoms with Crippen LogP contribution in [0.5, 0.6) is 0 Å². The molecule has 0 aromatic heterocycles. The van der Waals surface area contributed by atoms with Gasteiger partial charge in [0.05, 0.1) is 0 Å². The van der Waals surface area contributed by atoms with Gasteiger partial charge in [0.2, 0.25) is 10.0 Å². The van der Waals surface area contributed by atoms with Crippen LogP contribution in [0.4, 0.5) is 0 Å². The molecule has 14 heavy (non-hydrogen) atoms. The summed E-state index contributed by atoms with van der Waals surface area (Å²) < 4.78 is 34.7. The maximum absolute atomic E-state index is 11.3. The van der Waals surface area contributed by atoms with Crippen molar-refractivity contribution in [3.05, 3.63) is 0 Å². The highest BCUT2D eigenvalue weighted by atomic mass is 32.2. The molecule has 0 aromatic rings. The standard InChI is InChI=1S/C6H11NO5S2/c8-6(9)5-14(11,12)7-1-3-13(10)4-2-7/h1-5H2,(H,8,9). The van der Waals surface area contributed by atoms with E-state index in [1.54, 1.807) is 0 Å². The Morgan fingerprint density at radius 1 is 1.36 bits per heavy atom. The summed E-state index contributed by atoms with van der Waals surface area (Å²) in [5.74, 6) is -1.67. The third kappa shape index (κ3) is 3.03. The molecule has 1 aliphatic heterocycles. The van der Waals surface area contributed by atoms with Crippen LogP contribution in [0.2, 0.25) is 0 Å². The first kappa shape index (κ1) is 11.6. The number of carbonyl (C=O) groups is 1. The van der Waals surface area contributed by atoms with Crippen LogP contribution in [0, 0.1) is 0 Å². The van der Waals surface area contributed by atoms with Gasteiger partial charge in [0.1, 0.15) is 0 Å². The number of hydrogen-bond donors (Lipinski definition) is 1. The zero-order chi connectivity index (χ0) is 10.8. The summed E-state index contributed by atoms with van der Waals surface area (Å²) in [6, 6.07) is 0. The van der Waals surface area contributed by atoms with Gasteiger partial charge in [-0.25, -0.2) is 8.42 Å². The molecule has 0 unspecified atom stereocenters. The van der Waals surface area contributed by atoms with Crippen molar-refractivity contribution in [1.82, 2.24) is 4.31 Å². The fourth-order valence-corrected chi connectivity index (χ4v) is 3.66. The minimum Gasteiger partial charge on any atom is -0.480 e. The summed E-state index contributed by atoms with van der Waals surface area (Å²) in [6.07, 6.45) is 0. The number of carboxylic acid groups (broad SMARTS) is 1. The van der Waals surface area contributed by atoms with E-state index >= 15 is 0 Å². The summed E-state index contributed by atoms with van der Waals surface area (Å²) in [6.45, 7) is 0.310. The summed E-state index contributed by atoms with van der Waals surface area (Å²) >= 11 is 0. The van der Waals surface area contributed by atoms with E-state index in [9.17, 15) is 17.4 Å². The van der Waals surface area contributed by atoms with E-state index in [4.69, 9.17) is 5.11 Å². The molecular formula is C6H11NO5S2. The van der Waals surface area contributed by atoms with Crippen LogP contribution in [-0.2, 0) is 25.6 Å². The van der Waals surface area contributed by atoms with E-state index in [1.807, 2.05) is 0 Å². The lowest BCUT2D eigenvalue weighted by Gasteiger charge is -2.24. The van der Waals surface area contributed by atoms with Gasteiger partial charge in [-0.05, 0) is 0 Å². The summed E-state index contributed by atoms with van der Waals surface area (Å²) in [7, 11) is -4.67. The SMILES string of the molecule is O=C(O)CS(=O)(=O)N1CCS(=O)CC1. The Hall–Kier alpha value is -0.470. The van der Waals surface area contributed by atoms with Crippen molar-refractivity contribution < 1.29 is 22.5 Å². The van der Waals surface area contributed by atoms with E-state index in [1.165, 1.54) is 0 Å². The number of hydrogen-bond acceptors (Lipinski definition) is 4. The van der Waals surface area contributed by atoms with Gasteiger partial charge in [-0.1, -0.05) is 0 Å². The quantitative estimate of drug-likeness (QED) is 0.647. The smallest absolute Gasteiger partial charge is 0.320 e. The van der Waals surface area contributed by atoms with Gasteiger partial charge in [-0.3, -0.25) is 9.00 Å². The molecule has 0 atom stereocenters. The second-order valence-corrected chi connectivity index (χ2v) is 6.56. The van der Waals surface area contributed by atoms with E-state index in [0.29, 0.717) is 11.5 Å². The normalized spacial score (nSPS) is 20.9. The molecule has 8 heteroatoms. The lowest BCUT2D eigenvalue weighted by molar-refractivity contribution is -0.134. The van der Waals surface area contributed by atoms with Crippen LogP contribution in [0.15, 0.2) is 0 Å². The molecule has 0 bridgehead atoms. The molecule has 0 spiro atoms. The first-order chi connectivity index (χ1) is 6.42. The molecule has 1 saturated heterocycles. The average molecular weight is 241 g/mol. The molecule has 0 aliphatic carbocycles. The highest BCUT2D eigenvalue weighted by Gasteiger charge is 2.28. The molecule has 1 aliphatic rings. The van der Waals surface area contributed by atoms with Gasteiger partial charge in [0.15, 0.2) is 5.75 Å². The monoisotopic (exact) mass is 241 g/mol. The van der Waals surface area contributed by atoms with Crippen molar-refractivity contribution >= 4 is 26.8 Å². The van der Waals surface area contributed by atoms with Crippen molar-refractivity contribution in [2.24, 2.45) is 0 Å². The third-order valence-corrected chi connectivity index (χ3v) is 4.88. The van der Waals surface area contributed by atoms with Crippen LogP contribution in [-0.4, -0.2) is 58.4 Å². The number of nitrogens with zero attached hydrogens (tertiary/aromatic N) is 1. The first-order valence-electron chi connectivity index (χ1n) is 3.96. The Balaban J connectivity index is 2.65. The maximum Gasteiger partial charge on any atom is 0.320 e. The van der Waals surface area contributed by atoms with E-state index < -0.39 is 32.5 Å². The Morgan fingerprint density at radius 3 is 2.29 bits per heavy atom. The Labute approximate surface area is 84.4 Å². The molecule has 1 N–H and O–H groups in total. The molecule has 0 radical (unpaired) electrons. The van der Waals surface area contributed by atoms with Gasteiger partial charge >= 0.3 is 5.97 Å². The topological polar surface area (TPSA) is 91.8 Å². The van der Waals surface area contributed by atoms with Crippen molar-refractivity contribution in [3.8, 4) is 0 Å². The van der Waals surface area contributed by atoms with Crippen LogP contribution in [0.1, 0.15) is 0 Å². The molecule has 0 saturated carbocycles. The van der Waals surface area contributed by atoms with Crippen molar-refractivity contribution in [3.63, 3.8) is 0 Å². The van der Waals surface area contributed by atoms with E-state index in [-0.39, 0.29) is 13.1 Å². The highest BCUT2D eigenvalue weighted by molar-refractivity contribution is 7.90. The Morgan fingerprint density at radius 2 is 1.86 bits per heavy atom. The van der Waals surface area contributed by atoms with Gasteiger partial charge in [0.25, 0.3) is 0 Å². The molecule has 6 nitrogen and oxygen atoms in total. The second kappa shape index (κ2) is 4.37. The van der Waals surface area contributed by atoms with Gasteiger partial charge in [-0.2, -0.15) is 4.31 Å². The fourth-order valence-electron chi connectivity index (χ4n) is 1.15. The molecule has 82 valence electrons. The average Bonchev–Trinajstić information content (AvgIpc) is 2.02. The zero-order valence-corrected chi connectivity index (χ0v) is 9.01. The molecule has 1 fully saturated rings. The zero-order valence-electron chi connectivity index (χ0n) is 7.38. The molecule has 1 heterocycles. The minimum atomic E-state index is -3.71.